The normalized spacial score (nSPS) is 11.8. The molecule has 9 nitrogen and oxygen atoms in total. The first kappa shape index (κ1) is 18.1. The molecule has 0 aliphatic rings. The summed E-state index contributed by atoms with van der Waals surface area (Å²) >= 11 is 0. The molecule has 1 N–H and O–H groups in total. The number of nitrogens with zero attached hydrogens (tertiary/aromatic N) is 3. The van der Waals surface area contributed by atoms with Gasteiger partial charge in [0, 0.05) is 24.2 Å². The van der Waals surface area contributed by atoms with E-state index in [4.69, 9.17) is 4.74 Å². The molecule has 1 aromatic carbocycles. The van der Waals surface area contributed by atoms with Gasteiger partial charge in [-0.2, -0.15) is 5.10 Å². The summed E-state index contributed by atoms with van der Waals surface area (Å²) < 4.78 is 6.70. The summed E-state index contributed by atoms with van der Waals surface area (Å²) in [6.45, 7) is 5.24. The van der Waals surface area contributed by atoms with Crippen molar-refractivity contribution in [1.82, 2.24) is 9.78 Å². The number of nitro benzene ring substituents is 1. The number of aromatic nitrogens is 2. The minimum atomic E-state index is -1.08. The van der Waals surface area contributed by atoms with Gasteiger partial charge in [-0.05, 0) is 26.8 Å². The number of esters is 1. The molecule has 1 amide bonds. The lowest BCUT2D eigenvalue weighted by Crippen LogP contribution is -2.31. The van der Waals surface area contributed by atoms with Gasteiger partial charge in [-0.3, -0.25) is 14.9 Å². The van der Waals surface area contributed by atoms with Crippen molar-refractivity contribution in [3.8, 4) is 0 Å². The molecule has 0 bridgehead atoms. The minimum Gasteiger partial charge on any atom is -0.449 e. The number of nitro groups is 1. The van der Waals surface area contributed by atoms with Crippen LogP contribution in [0.4, 0.5) is 11.5 Å². The molecule has 0 radical (unpaired) electrons. The van der Waals surface area contributed by atoms with Crippen molar-refractivity contribution < 1.29 is 19.2 Å². The highest BCUT2D eigenvalue weighted by Crippen LogP contribution is 2.16. The van der Waals surface area contributed by atoms with E-state index >= 15 is 0 Å². The number of amides is 1. The SMILES string of the molecule is CC(OC(=O)c1cccc([N+](=O)[O-])c1)C(=O)Nc1ccnn1C(C)C. The highest BCUT2D eigenvalue weighted by molar-refractivity contribution is 5.97. The maximum absolute atomic E-state index is 12.2. The monoisotopic (exact) mass is 346 g/mol. The van der Waals surface area contributed by atoms with Crippen molar-refractivity contribution in [2.75, 3.05) is 5.32 Å². The molecule has 0 aliphatic heterocycles. The quantitative estimate of drug-likeness (QED) is 0.488. The number of carbonyl (C=O) groups is 2. The number of non-ortho nitro benzene ring substituents is 1. The molecular weight excluding hydrogens is 328 g/mol. The Morgan fingerprint density at radius 1 is 1.28 bits per heavy atom. The smallest absolute Gasteiger partial charge is 0.339 e. The first-order valence-corrected chi connectivity index (χ1v) is 7.59. The third-order valence-electron chi connectivity index (χ3n) is 3.36. The van der Waals surface area contributed by atoms with E-state index in [0.29, 0.717) is 5.82 Å². The van der Waals surface area contributed by atoms with Gasteiger partial charge in [0.2, 0.25) is 0 Å². The van der Waals surface area contributed by atoms with Crippen LogP contribution in [0, 0.1) is 10.1 Å². The van der Waals surface area contributed by atoms with E-state index in [2.05, 4.69) is 10.4 Å². The molecule has 1 heterocycles. The van der Waals surface area contributed by atoms with E-state index in [1.165, 1.54) is 25.1 Å². The van der Waals surface area contributed by atoms with Gasteiger partial charge in [-0.1, -0.05) is 6.07 Å². The Kier molecular flexibility index (Phi) is 5.48. The highest BCUT2D eigenvalue weighted by atomic mass is 16.6. The van der Waals surface area contributed by atoms with E-state index < -0.39 is 22.9 Å². The van der Waals surface area contributed by atoms with Crippen LogP contribution in [-0.2, 0) is 9.53 Å². The summed E-state index contributed by atoms with van der Waals surface area (Å²) in [6.07, 6.45) is 0.470. The third-order valence-corrected chi connectivity index (χ3v) is 3.36. The summed E-state index contributed by atoms with van der Waals surface area (Å²) in [5.74, 6) is -0.858. The van der Waals surface area contributed by atoms with Crippen molar-refractivity contribution in [3.63, 3.8) is 0 Å². The molecular formula is C16H18N4O5. The van der Waals surface area contributed by atoms with Crippen LogP contribution in [0.5, 0.6) is 0 Å². The summed E-state index contributed by atoms with van der Waals surface area (Å²) in [6, 6.07) is 6.80. The van der Waals surface area contributed by atoms with Gasteiger partial charge in [0.25, 0.3) is 11.6 Å². The molecule has 132 valence electrons. The van der Waals surface area contributed by atoms with Gasteiger partial charge in [0.15, 0.2) is 6.10 Å². The standard InChI is InChI=1S/C16H18N4O5/c1-10(2)19-14(7-8-17-19)18-15(21)11(3)25-16(22)12-5-4-6-13(9-12)20(23)24/h4-11H,1-3H3,(H,18,21). The molecule has 0 fully saturated rings. The fourth-order valence-electron chi connectivity index (χ4n) is 2.08. The Morgan fingerprint density at radius 2 is 2.00 bits per heavy atom. The van der Waals surface area contributed by atoms with Crippen LogP contribution in [0.15, 0.2) is 36.5 Å². The fraction of sp³-hybridized carbons (Fsp3) is 0.312. The van der Waals surface area contributed by atoms with Gasteiger partial charge >= 0.3 is 5.97 Å². The largest absolute Gasteiger partial charge is 0.449 e. The summed E-state index contributed by atoms with van der Waals surface area (Å²) in [5.41, 5.74) is -0.228. The molecule has 9 heteroatoms. The van der Waals surface area contributed by atoms with Gasteiger partial charge in [-0.25, -0.2) is 9.48 Å². The average molecular weight is 346 g/mol. The molecule has 2 aromatic rings. The van der Waals surface area contributed by atoms with Crippen LogP contribution in [0.2, 0.25) is 0 Å². The first-order chi connectivity index (χ1) is 11.8. The first-order valence-electron chi connectivity index (χ1n) is 7.59. The number of nitrogens with one attached hydrogen (secondary N) is 1. The van der Waals surface area contributed by atoms with E-state index in [-0.39, 0.29) is 17.3 Å². The second-order valence-electron chi connectivity index (χ2n) is 5.60. The summed E-state index contributed by atoms with van der Waals surface area (Å²) in [4.78, 5) is 34.4. The number of rotatable bonds is 6. The maximum atomic E-state index is 12.2. The fourth-order valence-corrected chi connectivity index (χ4v) is 2.08. The number of benzene rings is 1. The number of hydrogen-bond acceptors (Lipinski definition) is 6. The molecule has 25 heavy (non-hydrogen) atoms. The van der Waals surface area contributed by atoms with Crippen LogP contribution >= 0.6 is 0 Å². The lowest BCUT2D eigenvalue weighted by molar-refractivity contribution is -0.384. The molecule has 0 saturated heterocycles. The molecule has 0 spiro atoms. The topological polar surface area (TPSA) is 116 Å². The third kappa shape index (κ3) is 4.40. The van der Waals surface area contributed by atoms with E-state index in [0.717, 1.165) is 6.07 Å². The van der Waals surface area contributed by atoms with Crippen molar-refractivity contribution >= 4 is 23.4 Å². The highest BCUT2D eigenvalue weighted by Gasteiger charge is 2.21. The number of anilines is 1. The second kappa shape index (κ2) is 7.56. The lowest BCUT2D eigenvalue weighted by atomic mass is 10.2. The Balaban J connectivity index is 2.03. The van der Waals surface area contributed by atoms with Crippen LogP contribution in [-0.4, -0.2) is 32.7 Å². The van der Waals surface area contributed by atoms with Crippen molar-refractivity contribution in [1.29, 1.82) is 0 Å². The van der Waals surface area contributed by atoms with Crippen molar-refractivity contribution in [2.45, 2.75) is 32.9 Å². The summed E-state index contributed by atoms with van der Waals surface area (Å²) in [7, 11) is 0. The molecule has 1 unspecified atom stereocenters. The zero-order valence-corrected chi connectivity index (χ0v) is 14.0. The average Bonchev–Trinajstić information content (AvgIpc) is 3.03. The zero-order chi connectivity index (χ0) is 18.6. The summed E-state index contributed by atoms with van der Waals surface area (Å²) in [5, 5.41) is 17.5. The van der Waals surface area contributed by atoms with Gasteiger partial charge < -0.3 is 10.1 Å². The van der Waals surface area contributed by atoms with Crippen molar-refractivity contribution in [2.24, 2.45) is 0 Å². The molecule has 1 atom stereocenters. The number of hydrogen-bond donors (Lipinski definition) is 1. The molecule has 0 aliphatic carbocycles. The van der Waals surface area contributed by atoms with E-state index in [1.807, 2.05) is 13.8 Å². The van der Waals surface area contributed by atoms with Crippen LogP contribution in [0.1, 0.15) is 37.2 Å². The maximum Gasteiger partial charge on any atom is 0.339 e. The molecule has 2 rings (SSSR count). The van der Waals surface area contributed by atoms with Gasteiger partial charge in [0.1, 0.15) is 5.82 Å². The van der Waals surface area contributed by atoms with Gasteiger partial charge in [0.05, 0.1) is 16.7 Å². The van der Waals surface area contributed by atoms with Crippen molar-refractivity contribution in [3.05, 3.63) is 52.2 Å². The second-order valence-corrected chi connectivity index (χ2v) is 5.60. The van der Waals surface area contributed by atoms with E-state index in [9.17, 15) is 19.7 Å². The zero-order valence-electron chi connectivity index (χ0n) is 14.0. The van der Waals surface area contributed by atoms with Crippen LogP contribution in [0.25, 0.3) is 0 Å². The van der Waals surface area contributed by atoms with Crippen LogP contribution in [0.3, 0.4) is 0 Å². The number of carbonyl (C=O) groups excluding carboxylic acids is 2. The predicted molar refractivity (Wildman–Crippen MR) is 89.2 cm³/mol. The van der Waals surface area contributed by atoms with Gasteiger partial charge in [-0.15, -0.1) is 0 Å². The Labute approximate surface area is 143 Å². The lowest BCUT2D eigenvalue weighted by Gasteiger charge is -2.15. The number of ether oxygens (including phenoxy) is 1. The van der Waals surface area contributed by atoms with E-state index in [1.54, 1.807) is 16.9 Å². The van der Waals surface area contributed by atoms with Crippen LogP contribution < -0.4 is 5.32 Å². The Morgan fingerprint density at radius 3 is 2.64 bits per heavy atom. The Hall–Kier alpha value is -3.23. The minimum absolute atomic E-state index is 0.000993. The Bertz CT molecular complexity index is 799. The molecule has 1 aromatic heterocycles. The molecule has 0 saturated carbocycles. The predicted octanol–water partition coefficient (Wildman–Crippen LogP) is 2.56.